The number of hydrogen-bond acceptors (Lipinski definition) is 0. The van der Waals surface area contributed by atoms with Gasteiger partial charge in [-0.15, -0.1) is 5.54 Å². The first-order valence-electron chi connectivity index (χ1n) is 7.78. The second-order valence-corrected chi connectivity index (χ2v) is 12.5. The highest BCUT2D eigenvalue weighted by Gasteiger charge is 2.17. The van der Waals surface area contributed by atoms with Crippen LogP contribution in [0.5, 0.6) is 0 Å². The monoisotopic (exact) mass is 381 g/mol. The van der Waals surface area contributed by atoms with Crippen molar-refractivity contribution in [3.8, 4) is 11.5 Å². The van der Waals surface area contributed by atoms with E-state index in [9.17, 15) is 0 Å². The average Bonchev–Trinajstić information content (AvgIpc) is 2.91. The van der Waals surface area contributed by atoms with Crippen LogP contribution in [0.25, 0.3) is 10.9 Å². The molecule has 1 N–H and O–H groups in total. The summed E-state index contributed by atoms with van der Waals surface area (Å²) in [6, 6.07) is 16.9. The van der Waals surface area contributed by atoms with Crippen LogP contribution in [-0.4, -0.2) is 13.1 Å². The van der Waals surface area contributed by atoms with Crippen LogP contribution in [0.3, 0.4) is 0 Å². The highest BCUT2D eigenvalue weighted by atomic mass is 79.9. The van der Waals surface area contributed by atoms with Crippen LogP contribution in [0.15, 0.2) is 59.2 Å². The van der Waals surface area contributed by atoms with E-state index in [1.165, 1.54) is 16.5 Å². The van der Waals surface area contributed by atoms with Crippen molar-refractivity contribution in [2.45, 2.75) is 25.6 Å². The molecule has 0 saturated carbocycles. The van der Waals surface area contributed by atoms with E-state index in [0.717, 1.165) is 9.99 Å². The van der Waals surface area contributed by atoms with Crippen molar-refractivity contribution in [2.24, 2.45) is 0 Å². The van der Waals surface area contributed by atoms with Gasteiger partial charge in [-0.05, 0) is 29.3 Å². The molecule has 3 heteroatoms. The molecule has 0 bridgehead atoms. The summed E-state index contributed by atoms with van der Waals surface area (Å²) in [4.78, 5) is 3.39. The van der Waals surface area contributed by atoms with Gasteiger partial charge in [0.15, 0.2) is 0 Å². The molecule has 0 aliphatic carbocycles. The minimum absolute atomic E-state index is 0.103. The molecule has 3 rings (SSSR count). The molecule has 23 heavy (non-hydrogen) atoms. The summed E-state index contributed by atoms with van der Waals surface area (Å²) < 4.78 is 1.09. The van der Waals surface area contributed by atoms with Gasteiger partial charge in [0.1, 0.15) is 8.07 Å². The Hall–Kier alpha value is -1.76. The zero-order valence-electron chi connectivity index (χ0n) is 13.7. The van der Waals surface area contributed by atoms with Crippen LogP contribution in [0.1, 0.15) is 17.0 Å². The normalized spacial score (nSPS) is 12.7. The molecule has 0 radical (unpaired) electrons. The van der Waals surface area contributed by atoms with Crippen molar-refractivity contribution in [3.05, 3.63) is 70.3 Å². The Morgan fingerprint density at radius 1 is 1.04 bits per heavy atom. The third kappa shape index (κ3) is 3.77. The Kier molecular flexibility index (Phi) is 4.47. The SMILES string of the molecule is C[Si](C)(C)C#CC(c1ccccc1)c1c[nH]c2ccc(Br)cc12. The Bertz CT molecular complexity index is 879. The van der Waals surface area contributed by atoms with E-state index in [2.05, 4.69) is 107 Å². The Morgan fingerprint density at radius 2 is 1.78 bits per heavy atom. The molecule has 0 aliphatic heterocycles. The van der Waals surface area contributed by atoms with Crippen LogP contribution in [0.4, 0.5) is 0 Å². The first-order chi connectivity index (χ1) is 10.9. The average molecular weight is 382 g/mol. The number of benzene rings is 2. The molecule has 0 saturated heterocycles. The van der Waals surface area contributed by atoms with Crippen molar-refractivity contribution in [1.29, 1.82) is 0 Å². The summed E-state index contributed by atoms with van der Waals surface area (Å²) in [7, 11) is -1.42. The smallest absolute Gasteiger partial charge is 0.129 e. The maximum atomic E-state index is 3.58. The van der Waals surface area contributed by atoms with Crippen LogP contribution >= 0.6 is 15.9 Å². The molecule has 0 aliphatic rings. The van der Waals surface area contributed by atoms with Gasteiger partial charge in [0, 0.05) is 21.6 Å². The van der Waals surface area contributed by atoms with E-state index in [4.69, 9.17) is 0 Å². The fourth-order valence-electron chi connectivity index (χ4n) is 2.63. The third-order valence-corrected chi connectivity index (χ3v) is 5.10. The van der Waals surface area contributed by atoms with E-state index in [0.29, 0.717) is 0 Å². The van der Waals surface area contributed by atoms with Crippen molar-refractivity contribution < 1.29 is 0 Å². The van der Waals surface area contributed by atoms with Gasteiger partial charge in [-0.1, -0.05) is 71.8 Å². The number of rotatable bonds is 2. The molecular formula is C20H20BrNSi. The van der Waals surface area contributed by atoms with Gasteiger partial charge >= 0.3 is 0 Å². The number of fused-ring (bicyclic) bond motifs is 1. The van der Waals surface area contributed by atoms with Crippen molar-refractivity contribution in [2.75, 3.05) is 0 Å². The molecule has 0 spiro atoms. The molecule has 116 valence electrons. The number of aromatic amines is 1. The van der Waals surface area contributed by atoms with E-state index in [1.807, 2.05) is 0 Å². The molecule has 1 atom stereocenters. The van der Waals surface area contributed by atoms with Gasteiger partial charge in [-0.3, -0.25) is 0 Å². The van der Waals surface area contributed by atoms with Crippen molar-refractivity contribution >= 4 is 34.9 Å². The molecule has 1 aromatic heterocycles. The number of hydrogen-bond donors (Lipinski definition) is 1. The Balaban J connectivity index is 2.17. The summed E-state index contributed by atoms with van der Waals surface area (Å²) in [5.74, 6) is 3.67. The van der Waals surface area contributed by atoms with Crippen LogP contribution in [-0.2, 0) is 0 Å². The zero-order chi connectivity index (χ0) is 16.4. The first kappa shape index (κ1) is 16.1. The Morgan fingerprint density at radius 3 is 2.48 bits per heavy atom. The van der Waals surface area contributed by atoms with E-state index < -0.39 is 8.07 Å². The van der Waals surface area contributed by atoms with Crippen LogP contribution in [0.2, 0.25) is 19.6 Å². The molecule has 3 aromatic rings. The van der Waals surface area contributed by atoms with E-state index >= 15 is 0 Å². The maximum Gasteiger partial charge on any atom is 0.129 e. The largest absolute Gasteiger partial charge is 0.361 e. The molecule has 0 amide bonds. The maximum absolute atomic E-state index is 3.58. The number of aromatic nitrogens is 1. The lowest BCUT2D eigenvalue weighted by atomic mass is 9.92. The molecule has 2 aromatic carbocycles. The summed E-state index contributed by atoms with van der Waals surface area (Å²) >= 11 is 3.58. The second kappa shape index (κ2) is 6.39. The van der Waals surface area contributed by atoms with E-state index in [1.54, 1.807) is 0 Å². The fourth-order valence-corrected chi connectivity index (χ4v) is 3.57. The minimum Gasteiger partial charge on any atom is -0.361 e. The number of H-pyrrole nitrogens is 1. The number of halogens is 1. The predicted octanol–water partition coefficient (Wildman–Crippen LogP) is 5.94. The fraction of sp³-hybridized carbons (Fsp3) is 0.200. The molecule has 1 unspecified atom stereocenters. The minimum atomic E-state index is -1.42. The second-order valence-electron chi connectivity index (χ2n) is 6.80. The van der Waals surface area contributed by atoms with Gasteiger partial charge in [-0.2, -0.15) is 0 Å². The van der Waals surface area contributed by atoms with Crippen LogP contribution in [0, 0.1) is 11.5 Å². The first-order valence-corrected chi connectivity index (χ1v) is 12.1. The lowest BCUT2D eigenvalue weighted by molar-refractivity contribution is 1.08. The lowest BCUT2D eigenvalue weighted by Crippen LogP contribution is -2.17. The summed E-state index contributed by atoms with van der Waals surface area (Å²) in [5.41, 5.74) is 7.20. The van der Waals surface area contributed by atoms with Gasteiger partial charge in [0.05, 0.1) is 5.92 Å². The highest BCUT2D eigenvalue weighted by Crippen LogP contribution is 2.32. The topological polar surface area (TPSA) is 15.8 Å². The summed E-state index contributed by atoms with van der Waals surface area (Å²) in [5, 5.41) is 1.23. The third-order valence-electron chi connectivity index (χ3n) is 3.71. The van der Waals surface area contributed by atoms with Gasteiger partial charge in [-0.25, -0.2) is 0 Å². The number of nitrogens with one attached hydrogen (secondary N) is 1. The van der Waals surface area contributed by atoms with Crippen molar-refractivity contribution in [3.63, 3.8) is 0 Å². The summed E-state index contributed by atoms with van der Waals surface area (Å²) in [6.45, 7) is 6.86. The summed E-state index contributed by atoms with van der Waals surface area (Å²) in [6.07, 6.45) is 2.10. The molecular weight excluding hydrogens is 362 g/mol. The standard InChI is InChI=1S/C20H20BrNSi/c1-23(2,3)12-11-17(15-7-5-4-6-8-15)19-14-22-20-10-9-16(21)13-18(19)20/h4-10,13-14,17,22H,1-3H3. The van der Waals surface area contributed by atoms with Gasteiger partial charge in [0.2, 0.25) is 0 Å². The lowest BCUT2D eigenvalue weighted by Gasteiger charge is -2.13. The highest BCUT2D eigenvalue weighted by molar-refractivity contribution is 9.10. The quantitative estimate of drug-likeness (QED) is 0.417. The predicted molar refractivity (Wildman–Crippen MR) is 105 cm³/mol. The molecule has 0 fully saturated rings. The van der Waals surface area contributed by atoms with Crippen molar-refractivity contribution in [1.82, 2.24) is 4.98 Å². The van der Waals surface area contributed by atoms with Gasteiger partial charge in [0.25, 0.3) is 0 Å². The van der Waals surface area contributed by atoms with Gasteiger partial charge < -0.3 is 4.98 Å². The van der Waals surface area contributed by atoms with Crippen LogP contribution < -0.4 is 0 Å². The molecule has 1 heterocycles. The zero-order valence-corrected chi connectivity index (χ0v) is 16.2. The molecule has 1 nitrogen and oxygen atoms in total. The Labute approximate surface area is 147 Å². The van der Waals surface area contributed by atoms with E-state index in [-0.39, 0.29) is 5.92 Å².